The average molecular weight is 307 g/mol. The van der Waals surface area contributed by atoms with Crippen LogP contribution in [0.3, 0.4) is 0 Å². The third-order valence-corrected chi connectivity index (χ3v) is 4.27. The Bertz CT molecular complexity index is 809. The molecule has 3 nitrogen and oxygen atoms in total. The molecule has 2 aromatic carbocycles. The van der Waals surface area contributed by atoms with Crippen molar-refractivity contribution in [1.82, 2.24) is 15.0 Å². The maximum atomic E-state index is 4.43. The van der Waals surface area contributed by atoms with Gasteiger partial charge >= 0.3 is 0 Å². The van der Waals surface area contributed by atoms with Crippen molar-refractivity contribution in [2.75, 3.05) is 0 Å². The number of fused-ring (bicyclic) bond motifs is 1. The lowest BCUT2D eigenvalue weighted by molar-refractivity contribution is 0.583. The molecule has 0 aliphatic heterocycles. The highest BCUT2D eigenvalue weighted by molar-refractivity contribution is 5.77. The van der Waals surface area contributed by atoms with Gasteiger partial charge < -0.3 is 0 Å². The van der Waals surface area contributed by atoms with Crippen LogP contribution in [0.25, 0.3) is 16.7 Å². The van der Waals surface area contributed by atoms with Gasteiger partial charge in [0, 0.05) is 0 Å². The van der Waals surface area contributed by atoms with Crippen molar-refractivity contribution >= 4 is 11.0 Å². The molecule has 0 fully saturated rings. The molecule has 3 rings (SSSR count). The molecule has 0 N–H and O–H groups in total. The molecular formula is C20H25N3. The first-order chi connectivity index (χ1) is 11.0. The number of unbranched alkanes of at least 4 members (excludes halogenated alkanes) is 1. The van der Waals surface area contributed by atoms with Gasteiger partial charge in [-0.05, 0) is 47.6 Å². The van der Waals surface area contributed by atoms with Crippen LogP contribution in [0.4, 0.5) is 0 Å². The molecule has 120 valence electrons. The fourth-order valence-corrected chi connectivity index (χ4v) is 2.98. The summed E-state index contributed by atoms with van der Waals surface area (Å²) in [5, 5.41) is 8.83. The lowest BCUT2D eigenvalue weighted by Crippen LogP contribution is -2.15. The van der Waals surface area contributed by atoms with Crippen molar-refractivity contribution < 1.29 is 0 Å². The molecule has 0 unspecified atom stereocenters. The highest BCUT2D eigenvalue weighted by Gasteiger charge is 2.20. The summed E-state index contributed by atoms with van der Waals surface area (Å²) < 4.78 is 1.97. The number of hydrogen-bond acceptors (Lipinski definition) is 2. The van der Waals surface area contributed by atoms with E-state index in [-0.39, 0.29) is 5.41 Å². The fraction of sp³-hybridized carbons (Fsp3) is 0.400. The molecule has 23 heavy (non-hydrogen) atoms. The van der Waals surface area contributed by atoms with Crippen molar-refractivity contribution in [3.8, 4) is 5.69 Å². The van der Waals surface area contributed by atoms with Crippen LogP contribution < -0.4 is 0 Å². The smallest absolute Gasteiger partial charge is 0.113 e. The quantitative estimate of drug-likeness (QED) is 0.674. The maximum Gasteiger partial charge on any atom is 0.113 e. The molecule has 1 aromatic heterocycles. The predicted octanol–water partition coefficient (Wildman–Crippen LogP) is 5.06. The number of nitrogens with zero attached hydrogens (tertiary/aromatic N) is 3. The molecule has 0 saturated heterocycles. The molecule has 1 heterocycles. The molecule has 0 bridgehead atoms. The molecule has 3 heteroatoms. The molecule has 0 radical (unpaired) electrons. The van der Waals surface area contributed by atoms with Gasteiger partial charge in [-0.1, -0.05) is 63.6 Å². The fourth-order valence-electron chi connectivity index (χ4n) is 2.98. The Morgan fingerprint density at radius 1 is 1.04 bits per heavy atom. The van der Waals surface area contributed by atoms with Crippen LogP contribution in [0.1, 0.15) is 51.7 Å². The summed E-state index contributed by atoms with van der Waals surface area (Å²) in [5.74, 6) is 0. The summed E-state index contributed by atoms with van der Waals surface area (Å²) in [7, 11) is 0. The van der Waals surface area contributed by atoms with Gasteiger partial charge in [-0.15, -0.1) is 5.10 Å². The topological polar surface area (TPSA) is 30.7 Å². The minimum atomic E-state index is 0.0654. The molecule has 0 spiro atoms. The molecular weight excluding hydrogens is 282 g/mol. The minimum absolute atomic E-state index is 0.0654. The highest BCUT2D eigenvalue weighted by atomic mass is 15.4. The van der Waals surface area contributed by atoms with Crippen molar-refractivity contribution in [2.24, 2.45) is 0 Å². The van der Waals surface area contributed by atoms with Crippen LogP contribution >= 0.6 is 0 Å². The van der Waals surface area contributed by atoms with Crippen LogP contribution in [0, 0.1) is 0 Å². The molecule has 0 saturated carbocycles. The molecule has 0 aliphatic carbocycles. The van der Waals surface area contributed by atoms with Crippen molar-refractivity contribution in [2.45, 2.75) is 52.4 Å². The number of rotatable bonds is 4. The summed E-state index contributed by atoms with van der Waals surface area (Å²) in [5.41, 5.74) is 5.85. The highest BCUT2D eigenvalue weighted by Crippen LogP contribution is 2.29. The lowest BCUT2D eigenvalue weighted by Gasteiger charge is -2.22. The summed E-state index contributed by atoms with van der Waals surface area (Å²) in [6, 6.07) is 15.0. The Hall–Kier alpha value is -2.16. The van der Waals surface area contributed by atoms with Crippen LogP contribution in [-0.2, 0) is 11.8 Å². The predicted molar refractivity (Wildman–Crippen MR) is 96.2 cm³/mol. The van der Waals surface area contributed by atoms with Crippen LogP contribution in [0.15, 0.2) is 42.5 Å². The molecule has 0 atom stereocenters. The number of benzene rings is 2. The zero-order valence-corrected chi connectivity index (χ0v) is 14.5. The summed E-state index contributed by atoms with van der Waals surface area (Å²) in [6.45, 7) is 8.91. The standard InChI is InChI=1S/C20H25N3/c1-5-6-9-15-12-13-19-17(14-15)21-22-23(19)18-11-8-7-10-16(18)20(2,3)4/h7-8,10-14H,5-6,9H2,1-4H3. The Morgan fingerprint density at radius 2 is 1.83 bits per heavy atom. The Labute approximate surface area is 138 Å². The average Bonchev–Trinajstić information content (AvgIpc) is 2.95. The first-order valence-corrected chi connectivity index (χ1v) is 8.45. The first kappa shape index (κ1) is 15.7. The second-order valence-electron chi connectivity index (χ2n) is 7.20. The Balaban J connectivity index is 2.08. The molecule has 0 aliphatic rings. The van der Waals surface area contributed by atoms with Gasteiger partial charge in [0.2, 0.25) is 0 Å². The summed E-state index contributed by atoms with van der Waals surface area (Å²) in [4.78, 5) is 0. The Morgan fingerprint density at radius 3 is 2.57 bits per heavy atom. The van der Waals surface area contributed by atoms with Crippen molar-refractivity contribution in [1.29, 1.82) is 0 Å². The maximum absolute atomic E-state index is 4.43. The van der Waals surface area contributed by atoms with Crippen LogP contribution in [0.2, 0.25) is 0 Å². The normalized spacial score (nSPS) is 12.0. The van der Waals surface area contributed by atoms with Crippen LogP contribution in [0.5, 0.6) is 0 Å². The van der Waals surface area contributed by atoms with Crippen LogP contribution in [-0.4, -0.2) is 15.0 Å². The van der Waals surface area contributed by atoms with E-state index in [0.29, 0.717) is 0 Å². The van der Waals surface area contributed by atoms with Gasteiger partial charge in [0.15, 0.2) is 0 Å². The zero-order valence-electron chi connectivity index (χ0n) is 14.5. The van der Waals surface area contributed by atoms with E-state index in [4.69, 9.17) is 0 Å². The zero-order chi connectivity index (χ0) is 16.4. The molecule has 0 amide bonds. The van der Waals surface area contributed by atoms with Gasteiger partial charge in [0.05, 0.1) is 11.2 Å². The number of hydrogen-bond donors (Lipinski definition) is 0. The second kappa shape index (κ2) is 6.15. The number of para-hydroxylation sites is 1. The van der Waals surface area contributed by atoms with E-state index in [1.54, 1.807) is 0 Å². The van der Waals surface area contributed by atoms with Gasteiger partial charge in [-0.2, -0.15) is 0 Å². The van der Waals surface area contributed by atoms with E-state index < -0.39 is 0 Å². The summed E-state index contributed by atoms with van der Waals surface area (Å²) in [6.07, 6.45) is 3.54. The van der Waals surface area contributed by atoms with E-state index in [2.05, 4.69) is 80.5 Å². The third kappa shape index (κ3) is 3.14. The van der Waals surface area contributed by atoms with E-state index in [1.165, 1.54) is 24.0 Å². The first-order valence-electron chi connectivity index (χ1n) is 8.45. The van der Waals surface area contributed by atoms with Gasteiger partial charge in [-0.25, -0.2) is 4.68 Å². The van der Waals surface area contributed by atoms with Gasteiger partial charge in [0.1, 0.15) is 5.52 Å². The van der Waals surface area contributed by atoms with Gasteiger partial charge in [0.25, 0.3) is 0 Å². The Kier molecular flexibility index (Phi) is 4.20. The monoisotopic (exact) mass is 307 g/mol. The lowest BCUT2D eigenvalue weighted by atomic mass is 9.86. The molecule has 3 aromatic rings. The number of aryl methyl sites for hydroxylation is 1. The van der Waals surface area contributed by atoms with Crippen molar-refractivity contribution in [3.63, 3.8) is 0 Å². The van der Waals surface area contributed by atoms with Crippen molar-refractivity contribution in [3.05, 3.63) is 53.6 Å². The largest absolute Gasteiger partial charge is 0.213 e. The number of aromatic nitrogens is 3. The third-order valence-electron chi connectivity index (χ3n) is 4.27. The van der Waals surface area contributed by atoms with E-state index in [0.717, 1.165) is 23.1 Å². The van der Waals surface area contributed by atoms with E-state index >= 15 is 0 Å². The van der Waals surface area contributed by atoms with Gasteiger partial charge in [-0.3, -0.25) is 0 Å². The SMILES string of the molecule is CCCCc1ccc2c(c1)nnn2-c1ccccc1C(C)(C)C. The minimum Gasteiger partial charge on any atom is -0.213 e. The van der Waals surface area contributed by atoms with E-state index in [1.807, 2.05) is 4.68 Å². The summed E-state index contributed by atoms with van der Waals surface area (Å²) >= 11 is 0. The van der Waals surface area contributed by atoms with E-state index in [9.17, 15) is 0 Å². The second-order valence-corrected chi connectivity index (χ2v) is 7.20.